The van der Waals surface area contributed by atoms with Crippen molar-refractivity contribution in [1.82, 2.24) is 0 Å². The number of allylic oxidation sites excluding steroid dienone is 2. The molecule has 158 valence electrons. The zero-order valence-electron chi connectivity index (χ0n) is 17.8. The average molecular weight is 391 g/mol. The molecule has 0 spiro atoms. The molecule has 7 atom stereocenters. The molecular weight excluding hydrogens is 352 g/mol. The SMILES string of the molecule is C[C@H](CC(O)(O)C(=O)O)[C@H]1CC[C@H]2[C@@H]3CCC4=CCCC[C@]4(C)[C@H]3CC[C@]12C. The van der Waals surface area contributed by atoms with Gasteiger partial charge in [-0.15, -0.1) is 0 Å². The number of carboxylic acid groups (broad SMARTS) is 1. The average Bonchev–Trinajstić information content (AvgIpc) is 2.98. The van der Waals surface area contributed by atoms with Crippen molar-refractivity contribution in [3.05, 3.63) is 11.6 Å². The molecule has 3 N–H and O–H groups in total. The van der Waals surface area contributed by atoms with Crippen LogP contribution in [0, 0.1) is 40.4 Å². The maximum atomic E-state index is 11.2. The molecule has 0 radical (unpaired) electrons. The summed E-state index contributed by atoms with van der Waals surface area (Å²) >= 11 is 0. The van der Waals surface area contributed by atoms with Gasteiger partial charge in [-0.05, 0) is 98.2 Å². The number of carboxylic acids is 1. The van der Waals surface area contributed by atoms with Gasteiger partial charge in [0.25, 0.3) is 5.79 Å². The van der Waals surface area contributed by atoms with Gasteiger partial charge in [-0.25, -0.2) is 4.79 Å². The second kappa shape index (κ2) is 6.84. The van der Waals surface area contributed by atoms with E-state index in [1.165, 1.54) is 51.4 Å². The van der Waals surface area contributed by atoms with Crippen molar-refractivity contribution in [2.75, 3.05) is 0 Å². The standard InChI is InChI=1S/C24H38O4/c1-15(14-24(27,28)21(25)26)18-9-10-19-17-8-7-16-6-4-5-12-22(16,2)20(17)11-13-23(18,19)3/h6,15,17-20,27-28H,4-5,7-14H2,1-3H3,(H,25,26)/t15-,17+,18-,19+,20+,22+,23-/m1/s1. The van der Waals surface area contributed by atoms with E-state index in [1.807, 2.05) is 6.92 Å². The fourth-order valence-corrected chi connectivity index (χ4v) is 8.41. The highest BCUT2D eigenvalue weighted by atomic mass is 16.5. The van der Waals surface area contributed by atoms with Gasteiger partial charge in [0.05, 0.1) is 0 Å². The molecule has 0 amide bonds. The van der Waals surface area contributed by atoms with Gasteiger partial charge < -0.3 is 15.3 Å². The number of hydrogen-bond acceptors (Lipinski definition) is 3. The molecule has 0 heterocycles. The first-order chi connectivity index (χ1) is 13.1. The second-order valence-corrected chi connectivity index (χ2v) is 11.0. The van der Waals surface area contributed by atoms with Gasteiger partial charge in [0.15, 0.2) is 0 Å². The number of hydrogen-bond donors (Lipinski definition) is 3. The first kappa shape index (κ1) is 20.4. The van der Waals surface area contributed by atoms with Crippen molar-refractivity contribution in [2.45, 2.75) is 90.8 Å². The molecule has 0 aromatic rings. The number of aliphatic carboxylic acids is 1. The molecule has 0 bridgehead atoms. The molecule has 0 saturated heterocycles. The third-order valence-electron chi connectivity index (χ3n) is 9.74. The first-order valence-electron chi connectivity index (χ1n) is 11.5. The summed E-state index contributed by atoms with van der Waals surface area (Å²) in [6.45, 7) is 6.98. The van der Waals surface area contributed by atoms with Gasteiger partial charge in [-0.1, -0.05) is 32.4 Å². The molecule has 3 saturated carbocycles. The smallest absolute Gasteiger partial charge is 0.364 e. The predicted octanol–water partition coefficient (Wildman–Crippen LogP) is 4.75. The maximum absolute atomic E-state index is 11.2. The van der Waals surface area contributed by atoms with E-state index in [0.717, 1.165) is 18.3 Å². The summed E-state index contributed by atoms with van der Waals surface area (Å²) < 4.78 is 0. The molecule has 0 aliphatic heterocycles. The maximum Gasteiger partial charge on any atom is 0.364 e. The molecule has 4 rings (SSSR count). The van der Waals surface area contributed by atoms with Crippen LogP contribution >= 0.6 is 0 Å². The highest BCUT2D eigenvalue weighted by Gasteiger charge is 2.59. The number of rotatable bonds is 4. The molecule has 0 aromatic heterocycles. The van der Waals surface area contributed by atoms with E-state index in [2.05, 4.69) is 19.9 Å². The third kappa shape index (κ3) is 2.98. The van der Waals surface area contributed by atoms with Crippen LogP contribution in [0.5, 0.6) is 0 Å². The molecule has 0 unspecified atom stereocenters. The molecule has 4 heteroatoms. The monoisotopic (exact) mass is 390 g/mol. The molecule has 3 fully saturated rings. The Morgan fingerprint density at radius 3 is 2.64 bits per heavy atom. The highest BCUT2D eigenvalue weighted by Crippen LogP contribution is 2.67. The van der Waals surface area contributed by atoms with Crippen molar-refractivity contribution in [3.63, 3.8) is 0 Å². The summed E-state index contributed by atoms with van der Waals surface area (Å²) in [7, 11) is 0. The summed E-state index contributed by atoms with van der Waals surface area (Å²) in [6, 6.07) is 0. The van der Waals surface area contributed by atoms with Crippen LogP contribution in [-0.4, -0.2) is 27.1 Å². The minimum absolute atomic E-state index is 0.00182. The molecule has 4 aliphatic carbocycles. The molecule has 4 aliphatic rings. The molecule has 4 nitrogen and oxygen atoms in total. The van der Waals surface area contributed by atoms with Crippen molar-refractivity contribution >= 4 is 5.97 Å². The summed E-state index contributed by atoms with van der Waals surface area (Å²) in [4.78, 5) is 11.2. The van der Waals surface area contributed by atoms with Gasteiger partial charge >= 0.3 is 5.97 Å². The Kier molecular flexibility index (Phi) is 4.98. The number of carbonyl (C=O) groups is 1. The van der Waals surface area contributed by atoms with Crippen LogP contribution in [0.1, 0.15) is 85.0 Å². The summed E-state index contributed by atoms with van der Waals surface area (Å²) in [5.41, 5.74) is 2.35. The van der Waals surface area contributed by atoms with Crippen LogP contribution in [0.2, 0.25) is 0 Å². The largest absolute Gasteiger partial charge is 0.477 e. The zero-order chi connectivity index (χ0) is 20.3. The minimum atomic E-state index is -2.61. The van der Waals surface area contributed by atoms with Gasteiger partial charge in [-0.2, -0.15) is 0 Å². The lowest BCUT2D eigenvalue weighted by Crippen LogP contribution is -2.51. The van der Waals surface area contributed by atoms with Crippen molar-refractivity contribution in [3.8, 4) is 0 Å². The van der Waals surface area contributed by atoms with Crippen molar-refractivity contribution < 1.29 is 20.1 Å². The Morgan fingerprint density at radius 2 is 1.93 bits per heavy atom. The third-order valence-corrected chi connectivity index (χ3v) is 9.74. The lowest BCUT2D eigenvalue weighted by atomic mass is 9.46. The fourth-order valence-electron chi connectivity index (χ4n) is 8.41. The molecule has 0 aromatic carbocycles. The van der Waals surface area contributed by atoms with Gasteiger partial charge in [0.2, 0.25) is 0 Å². The van der Waals surface area contributed by atoms with Crippen LogP contribution in [-0.2, 0) is 4.79 Å². The molecular formula is C24H38O4. The van der Waals surface area contributed by atoms with Crippen LogP contribution in [0.25, 0.3) is 0 Å². The number of aliphatic hydroxyl groups is 2. The van der Waals surface area contributed by atoms with Crippen LogP contribution in [0.3, 0.4) is 0 Å². The van der Waals surface area contributed by atoms with E-state index < -0.39 is 11.8 Å². The lowest BCUT2D eigenvalue weighted by molar-refractivity contribution is -0.211. The predicted molar refractivity (Wildman–Crippen MR) is 108 cm³/mol. The minimum Gasteiger partial charge on any atom is -0.477 e. The Labute approximate surface area is 169 Å². The van der Waals surface area contributed by atoms with E-state index in [4.69, 9.17) is 5.11 Å². The molecule has 28 heavy (non-hydrogen) atoms. The van der Waals surface area contributed by atoms with Gasteiger partial charge in [0.1, 0.15) is 0 Å². The van der Waals surface area contributed by atoms with E-state index in [9.17, 15) is 15.0 Å². The van der Waals surface area contributed by atoms with Gasteiger partial charge in [-0.3, -0.25) is 0 Å². The van der Waals surface area contributed by atoms with Crippen LogP contribution < -0.4 is 0 Å². The Bertz CT molecular complexity index is 668. The van der Waals surface area contributed by atoms with Crippen molar-refractivity contribution in [1.29, 1.82) is 0 Å². The first-order valence-corrected chi connectivity index (χ1v) is 11.5. The summed E-state index contributed by atoms with van der Waals surface area (Å²) in [5.74, 6) is -1.47. The van der Waals surface area contributed by atoms with E-state index >= 15 is 0 Å². The normalized spacial score (nSPS) is 44.1. The van der Waals surface area contributed by atoms with Crippen LogP contribution in [0.4, 0.5) is 0 Å². The topological polar surface area (TPSA) is 77.8 Å². The Morgan fingerprint density at radius 1 is 1.18 bits per heavy atom. The van der Waals surface area contributed by atoms with Crippen molar-refractivity contribution in [2.24, 2.45) is 40.4 Å². The summed E-state index contributed by atoms with van der Waals surface area (Å²) in [5, 5.41) is 28.9. The van der Waals surface area contributed by atoms with E-state index in [-0.39, 0.29) is 17.8 Å². The Hall–Kier alpha value is -0.870. The fraction of sp³-hybridized carbons (Fsp3) is 0.875. The highest BCUT2D eigenvalue weighted by molar-refractivity contribution is 5.74. The summed E-state index contributed by atoms with van der Waals surface area (Å²) in [6.07, 6.45) is 13.8. The Balaban J connectivity index is 1.55. The van der Waals surface area contributed by atoms with E-state index in [1.54, 1.807) is 5.57 Å². The zero-order valence-corrected chi connectivity index (χ0v) is 17.8. The van der Waals surface area contributed by atoms with Gasteiger partial charge in [0, 0.05) is 6.42 Å². The quantitative estimate of drug-likeness (QED) is 0.478. The lowest BCUT2D eigenvalue weighted by Gasteiger charge is -2.58. The van der Waals surface area contributed by atoms with E-state index in [0.29, 0.717) is 17.3 Å². The van der Waals surface area contributed by atoms with Crippen LogP contribution in [0.15, 0.2) is 11.6 Å². The number of fused-ring (bicyclic) bond motifs is 5. The second-order valence-electron chi connectivity index (χ2n) is 11.0.